The van der Waals surface area contributed by atoms with Crippen molar-refractivity contribution in [3.8, 4) is 5.75 Å². The maximum absolute atomic E-state index is 5.41. The van der Waals surface area contributed by atoms with Gasteiger partial charge in [0.1, 0.15) is 5.75 Å². The molecule has 1 aromatic carbocycles. The number of benzene rings is 1. The Morgan fingerprint density at radius 2 is 2.12 bits per heavy atom. The number of nitrogens with one attached hydrogen (secondary N) is 1. The van der Waals surface area contributed by atoms with E-state index in [1.807, 2.05) is 19.2 Å². The molecule has 0 fully saturated rings. The second-order valence-corrected chi connectivity index (χ2v) is 4.01. The molecule has 0 amide bonds. The summed E-state index contributed by atoms with van der Waals surface area (Å²) in [5.74, 6) is 0.936. The summed E-state index contributed by atoms with van der Waals surface area (Å²) in [4.78, 5) is 0. The third-order valence-corrected chi connectivity index (χ3v) is 3.17. The number of hydrogen-bond acceptors (Lipinski definition) is 2. The van der Waals surface area contributed by atoms with Crippen LogP contribution >= 0.6 is 0 Å². The summed E-state index contributed by atoms with van der Waals surface area (Å²) < 4.78 is 7.61. The van der Waals surface area contributed by atoms with Crippen molar-refractivity contribution in [2.45, 2.75) is 13.5 Å². The largest absolute Gasteiger partial charge is 0.495 e. The first kappa shape index (κ1) is 11.0. The minimum atomic E-state index is 0.885. The molecule has 3 nitrogen and oxygen atoms in total. The molecular weight excluding hydrogens is 200 g/mol. The second kappa shape index (κ2) is 4.18. The molecule has 16 heavy (non-hydrogen) atoms. The highest BCUT2D eigenvalue weighted by atomic mass is 16.5. The van der Waals surface area contributed by atoms with Crippen LogP contribution in [0.4, 0.5) is 0 Å². The van der Waals surface area contributed by atoms with Crippen LogP contribution in [0.3, 0.4) is 0 Å². The first-order chi connectivity index (χ1) is 7.70. The fraction of sp³-hybridized carbons (Fsp3) is 0.385. The van der Waals surface area contributed by atoms with Crippen molar-refractivity contribution >= 4 is 10.9 Å². The van der Waals surface area contributed by atoms with E-state index in [4.69, 9.17) is 4.74 Å². The molecule has 1 N–H and O–H groups in total. The van der Waals surface area contributed by atoms with Crippen molar-refractivity contribution in [1.82, 2.24) is 9.88 Å². The summed E-state index contributed by atoms with van der Waals surface area (Å²) in [7, 11) is 5.77. The van der Waals surface area contributed by atoms with Gasteiger partial charge in [0.15, 0.2) is 0 Å². The molecule has 86 valence electrons. The number of rotatable bonds is 3. The van der Waals surface area contributed by atoms with Crippen molar-refractivity contribution in [2.24, 2.45) is 7.05 Å². The van der Waals surface area contributed by atoms with Crippen LogP contribution in [0.25, 0.3) is 10.9 Å². The molecule has 0 unspecified atom stereocenters. The van der Waals surface area contributed by atoms with Gasteiger partial charge in [-0.2, -0.15) is 0 Å². The van der Waals surface area contributed by atoms with Gasteiger partial charge in [-0.05, 0) is 25.6 Å². The lowest BCUT2D eigenvalue weighted by Crippen LogP contribution is -2.06. The van der Waals surface area contributed by atoms with Gasteiger partial charge < -0.3 is 14.6 Å². The van der Waals surface area contributed by atoms with Gasteiger partial charge in [0.05, 0.1) is 12.6 Å². The highest BCUT2D eigenvalue weighted by molar-refractivity contribution is 5.90. The SMILES string of the molecule is CNCc1c(C)n(C)c2c(OC)cccc12. The van der Waals surface area contributed by atoms with E-state index >= 15 is 0 Å². The Morgan fingerprint density at radius 1 is 1.38 bits per heavy atom. The van der Waals surface area contributed by atoms with Crippen LogP contribution in [0.1, 0.15) is 11.3 Å². The van der Waals surface area contributed by atoms with E-state index < -0.39 is 0 Å². The molecular formula is C13H18N2O. The Hall–Kier alpha value is -1.48. The van der Waals surface area contributed by atoms with Crippen molar-refractivity contribution in [2.75, 3.05) is 14.2 Å². The van der Waals surface area contributed by atoms with Gasteiger partial charge in [0.25, 0.3) is 0 Å². The Balaban J connectivity index is 2.78. The average molecular weight is 218 g/mol. The number of methoxy groups -OCH3 is 1. The highest BCUT2D eigenvalue weighted by Crippen LogP contribution is 2.31. The molecule has 0 atom stereocenters. The van der Waals surface area contributed by atoms with Crippen LogP contribution in [0.2, 0.25) is 0 Å². The van der Waals surface area contributed by atoms with Gasteiger partial charge in [-0.3, -0.25) is 0 Å². The summed E-state index contributed by atoms with van der Waals surface area (Å²) in [5, 5.41) is 4.49. The smallest absolute Gasteiger partial charge is 0.143 e. The Kier molecular flexibility index (Phi) is 2.88. The van der Waals surface area contributed by atoms with Crippen LogP contribution < -0.4 is 10.1 Å². The third-order valence-electron chi connectivity index (χ3n) is 3.17. The van der Waals surface area contributed by atoms with Gasteiger partial charge >= 0.3 is 0 Å². The van der Waals surface area contributed by atoms with E-state index in [0.717, 1.165) is 12.3 Å². The number of ether oxygens (including phenoxy) is 1. The predicted octanol–water partition coefficient (Wildman–Crippen LogP) is 2.21. The minimum Gasteiger partial charge on any atom is -0.495 e. The van der Waals surface area contributed by atoms with E-state index in [1.165, 1.54) is 22.2 Å². The van der Waals surface area contributed by atoms with Gasteiger partial charge in [-0.25, -0.2) is 0 Å². The standard InChI is InChI=1S/C13H18N2O/c1-9-11(8-14-2)10-6-5-7-12(16-4)13(10)15(9)3/h5-7,14H,8H2,1-4H3. The lowest BCUT2D eigenvalue weighted by Gasteiger charge is -2.04. The predicted molar refractivity (Wildman–Crippen MR) is 67.0 cm³/mol. The molecule has 0 saturated heterocycles. The van der Waals surface area contributed by atoms with E-state index in [0.29, 0.717) is 0 Å². The Bertz CT molecular complexity index is 514. The van der Waals surface area contributed by atoms with Crippen LogP contribution in [-0.4, -0.2) is 18.7 Å². The Morgan fingerprint density at radius 3 is 2.75 bits per heavy atom. The monoisotopic (exact) mass is 218 g/mol. The number of fused-ring (bicyclic) bond motifs is 1. The van der Waals surface area contributed by atoms with Crippen LogP contribution in [-0.2, 0) is 13.6 Å². The second-order valence-electron chi connectivity index (χ2n) is 4.01. The maximum Gasteiger partial charge on any atom is 0.143 e. The summed E-state index contributed by atoms with van der Waals surface area (Å²) >= 11 is 0. The summed E-state index contributed by atoms with van der Waals surface area (Å²) in [6.07, 6.45) is 0. The quantitative estimate of drug-likeness (QED) is 0.855. The zero-order chi connectivity index (χ0) is 11.7. The summed E-state index contributed by atoms with van der Waals surface area (Å²) in [5.41, 5.74) is 3.81. The van der Waals surface area contributed by atoms with E-state index in [2.05, 4.69) is 29.9 Å². The highest BCUT2D eigenvalue weighted by Gasteiger charge is 2.13. The van der Waals surface area contributed by atoms with Gasteiger partial charge in [0, 0.05) is 24.7 Å². The van der Waals surface area contributed by atoms with Crippen LogP contribution in [0.15, 0.2) is 18.2 Å². The van der Waals surface area contributed by atoms with Crippen molar-refractivity contribution in [1.29, 1.82) is 0 Å². The third kappa shape index (κ3) is 1.48. The van der Waals surface area contributed by atoms with Crippen molar-refractivity contribution in [3.05, 3.63) is 29.5 Å². The number of aromatic nitrogens is 1. The molecule has 0 bridgehead atoms. The lowest BCUT2D eigenvalue weighted by atomic mass is 10.1. The van der Waals surface area contributed by atoms with E-state index in [-0.39, 0.29) is 0 Å². The molecule has 0 aliphatic carbocycles. The molecule has 0 spiro atoms. The summed E-state index contributed by atoms with van der Waals surface area (Å²) in [6.45, 7) is 3.03. The summed E-state index contributed by atoms with van der Waals surface area (Å²) in [6, 6.07) is 6.20. The number of nitrogens with zero attached hydrogens (tertiary/aromatic N) is 1. The lowest BCUT2D eigenvalue weighted by molar-refractivity contribution is 0.418. The zero-order valence-corrected chi connectivity index (χ0v) is 10.3. The number of aryl methyl sites for hydroxylation is 1. The molecule has 2 rings (SSSR count). The maximum atomic E-state index is 5.41. The first-order valence-corrected chi connectivity index (χ1v) is 5.46. The molecule has 0 saturated carbocycles. The molecule has 3 heteroatoms. The first-order valence-electron chi connectivity index (χ1n) is 5.46. The molecule has 1 heterocycles. The minimum absolute atomic E-state index is 0.885. The normalized spacial score (nSPS) is 11.0. The van der Waals surface area contributed by atoms with E-state index in [9.17, 15) is 0 Å². The molecule has 0 aliphatic rings. The van der Waals surface area contributed by atoms with Crippen LogP contribution in [0, 0.1) is 6.92 Å². The molecule has 0 aliphatic heterocycles. The van der Waals surface area contributed by atoms with Crippen LogP contribution in [0.5, 0.6) is 5.75 Å². The van der Waals surface area contributed by atoms with E-state index in [1.54, 1.807) is 7.11 Å². The number of hydrogen-bond donors (Lipinski definition) is 1. The molecule has 2 aromatic rings. The zero-order valence-electron chi connectivity index (χ0n) is 10.3. The topological polar surface area (TPSA) is 26.2 Å². The molecule has 1 aromatic heterocycles. The molecule has 0 radical (unpaired) electrons. The average Bonchev–Trinajstić information content (AvgIpc) is 2.55. The fourth-order valence-corrected chi connectivity index (χ4v) is 2.24. The van der Waals surface area contributed by atoms with Crippen molar-refractivity contribution in [3.63, 3.8) is 0 Å². The fourth-order valence-electron chi connectivity index (χ4n) is 2.24. The number of para-hydroxylation sites is 1. The van der Waals surface area contributed by atoms with Gasteiger partial charge in [-0.1, -0.05) is 12.1 Å². The van der Waals surface area contributed by atoms with Crippen molar-refractivity contribution < 1.29 is 4.74 Å². The Labute approximate surface area is 96.0 Å². The van der Waals surface area contributed by atoms with Gasteiger partial charge in [-0.15, -0.1) is 0 Å². The van der Waals surface area contributed by atoms with Gasteiger partial charge in [0.2, 0.25) is 0 Å².